The topological polar surface area (TPSA) is 70.8 Å². The minimum absolute atomic E-state index is 0.135. The molecule has 0 aliphatic carbocycles. The Labute approximate surface area is 158 Å². The molecule has 1 fully saturated rings. The Bertz CT molecular complexity index is 818. The van der Waals surface area contributed by atoms with Crippen molar-refractivity contribution < 1.29 is 33.7 Å². The van der Waals surface area contributed by atoms with Crippen molar-refractivity contribution in [3.63, 3.8) is 0 Å². The smallest absolute Gasteiger partial charge is 0.231 e. The van der Waals surface area contributed by atoms with Crippen molar-refractivity contribution in [2.45, 2.75) is 6.04 Å². The number of methoxy groups -OCH3 is 2. The lowest BCUT2D eigenvalue weighted by Gasteiger charge is -2.33. The van der Waals surface area contributed by atoms with Gasteiger partial charge < -0.3 is 33.7 Å². The van der Waals surface area contributed by atoms with Gasteiger partial charge in [-0.15, -0.1) is 0 Å². The summed E-state index contributed by atoms with van der Waals surface area (Å²) in [6.45, 7) is 3.17. The van der Waals surface area contributed by atoms with E-state index in [1.807, 2.05) is 24.3 Å². The second kappa shape index (κ2) is 7.54. The Morgan fingerprint density at radius 2 is 1.70 bits per heavy atom. The molecule has 0 saturated carbocycles. The van der Waals surface area contributed by atoms with Crippen LogP contribution in [0.15, 0.2) is 30.3 Å². The van der Waals surface area contributed by atoms with Gasteiger partial charge in [-0.2, -0.15) is 0 Å². The number of aromatic hydroxyl groups is 1. The number of quaternary nitrogens is 1. The maximum atomic E-state index is 10.8. The van der Waals surface area contributed by atoms with E-state index in [4.69, 9.17) is 23.7 Å². The number of nitrogens with one attached hydrogen (secondary N) is 1. The normalized spacial score (nSPS) is 17.6. The Balaban J connectivity index is 1.83. The van der Waals surface area contributed by atoms with Gasteiger partial charge in [0.1, 0.15) is 36.4 Å². The van der Waals surface area contributed by atoms with Crippen LogP contribution in [0.5, 0.6) is 28.7 Å². The highest BCUT2D eigenvalue weighted by Crippen LogP contribution is 2.42. The summed E-state index contributed by atoms with van der Waals surface area (Å²) in [4.78, 5) is 1.29. The first-order valence-electron chi connectivity index (χ1n) is 8.98. The van der Waals surface area contributed by atoms with E-state index in [0.717, 1.165) is 35.7 Å². The number of hydrogen-bond acceptors (Lipinski definition) is 6. The summed E-state index contributed by atoms with van der Waals surface area (Å²) >= 11 is 0. The third-order valence-electron chi connectivity index (χ3n) is 5.13. The quantitative estimate of drug-likeness (QED) is 0.818. The number of phenols is 1. The highest BCUT2D eigenvalue weighted by molar-refractivity contribution is 5.55. The van der Waals surface area contributed by atoms with Crippen molar-refractivity contribution in [1.82, 2.24) is 0 Å². The zero-order valence-electron chi connectivity index (χ0n) is 15.5. The standard InChI is InChI=1S/C20H23NO6/c1-23-13-3-4-14(17(9-13)24-2)20(21-5-7-25-8-6-21)15-10-18-19(11-16(15)22)27-12-26-18/h3-4,9-11,20,22H,5-8,12H2,1-2H3/p+1/t20-/m0/s1. The molecule has 1 atom stereocenters. The Kier molecular flexibility index (Phi) is 4.96. The third kappa shape index (κ3) is 3.36. The molecular weight excluding hydrogens is 350 g/mol. The first-order chi connectivity index (χ1) is 13.2. The third-order valence-corrected chi connectivity index (χ3v) is 5.13. The average molecular weight is 374 g/mol. The van der Waals surface area contributed by atoms with Crippen LogP contribution in [-0.4, -0.2) is 52.4 Å². The first kappa shape index (κ1) is 17.8. The highest BCUT2D eigenvalue weighted by atomic mass is 16.7. The van der Waals surface area contributed by atoms with Gasteiger partial charge in [-0.05, 0) is 18.2 Å². The van der Waals surface area contributed by atoms with Crippen LogP contribution in [0.2, 0.25) is 0 Å². The molecule has 0 bridgehead atoms. The second-order valence-electron chi connectivity index (χ2n) is 6.58. The number of rotatable bonds is 5. The molecular formula is C20H24NO6+. The molecule has 4 rings (SSSR count). The van der Waals surface area contributed by atoms with Gasteiger partial charge >= 0.3 is 0 Å². The summed E-state index contributed by atoms with van der Waals surface area (Å²) in [6, 6.07) is 9.13. The van der Waals surface area contributed by atoms with Gasteiger partial charge in [-0.3, -0.25) is 0 Å². The minimum Gasteiger partial charge on any atom is -0.507 e. The van der Waals surface area contributed by atoms with Gasteiger partial charge in [-0.1, -0.05) is 0 Å². The van der Waals surface area contributed by atoms with Crippen LogP contribution >= 0.6 is 0 Å². The molecule has 2 N–H and O–H groups in total. The van der Waals surface area contributed by atoms with E-state index in [9.17, 15) is 5.11 Å². The van der Waals surface area contributed by atoms with E-state index < -0.39 is 0 Å². The molecule has 2 aliphatic rings. The fourth-order valence-corrected chi connectivity index (χ4v) is 3.76. The van der Waals surface area contributed by atoms with Gasteiger partial charge in [0.05, 0.1) is 38.6 Å². The predicted octanol–water partition coefficient (Wildman–Crippen LogP) is 1.14. The fraction of sp³-hybridized carbons (Fsp3) is 0.400. The molecule has 0 amide bonds. The summed E-state index contributed by atoms with van der Waals surface area (Å²) < 4.78 is 27.5. The lowest BCUT2D eigenvalue weighted by molar-refractivity contribution is -0.933. The lowest BCUT2D eigenvalue weighted by Crippen LogP contribution is -3.14. The zero-order chi connectivity index (χ0) is 18.8. The fourth-order valence-electron chi connectivity index (χ4n) is 3.76. The molecule has 2 aromatic carbocycles. The van der Waals surface area contributed by atoms with Crippen molar-refractivity contribution in [2.75, 3.05) is 47.3 Å². The van der Waals surface area contributed by atoms with Crippen molar-refractivity contribution >= 4 is 0 Å². The number of phenolic OH excluding ortho intramolecular Hbond substituents is 1. The Morgan fingerprint density at radius 3 is 2.41 bits per heavy atom. The van der Waals surface area contributed by atoms with Gasteiger partial charge in [0.2, 0.25) is 6.79 Å². The molecule has 144 valence electrons. The molecule has 0 spiro atoms. The molecule has 1 saturated heterocycles. The van der Waals surface area contributed by atoms with Gasteiger partial charge in [-0.25, -0.2) is 0 Å². The van der Waals surface area contributed by atoms with Crippen molar-refractivity contribution in [2.24, 2.45) is 0 Å². The van der Waals surface area contributed by atoms with E-state index in [2.05, 4.69) is 0 Å². The highest BCUT2D eigenvalue weighted by Gasteiger charge is 2.34. The maximum Gasteiger partial charge on any atom is 0.231 e. The molecule has 7 nitrogen and oxygen atoms in total. The molecule has 0 aromatic heterocycles. The van der Waals surface area contributed by atoms with Crippen LogP contribution in [0.1, 0.15) is 17.2 Å². The number of ether oxygens (including phenoxy) is 5. The van der Waals surface area contributed by atoms with Gasteiger partial charge in [0, 0.05) is 12.1 Å². The number of fused-ring (bicyclic) bond motifs is 1. The second-order valence-corrected chi connectivity index (χ2v) is 6.58. The summed E-state index contributed by atoms with van der Waals surface area (Å²) in [5.74, 6) is 2.83. The molecule has 2 heterocycles. The number of benzene rings is 2. The molecule has 2 aliphatic heterocycles. The molecule has 27 heavy (non-hydrogen) atoms. The van der Waals surface area contributed by atoms with E-state index >= 15 is 0 Å². The first-order valence-corrected chi connectivity index (χ1v) is 8.98. The largest absolute Gasteiger partial charge is 0.507 e. The van der Waals surface area contributed by atoms with Crippen LogP contribution in [0.3, 0.4) is 0 Å². The Morgan fingerprint density at radius 1 is 0.963 bits per heavy atom. The van der Waals surface area contributed by atoms with Crippen LogP contribution in [0.4, 0.5) is 0 Å². The van der Waals surface area contributed by atoms with Gasteiger partial charge in [0.15, 0.2) is 11.5 Å². The van der Waals surface area contributed by atoms with E-state index in [1.165, 1.54) is 4.90 Å². The number of hydrogen-bond donors (Lipinski definition) is 2. The zero-order valence-corrected chi connectivity index (χ0v) is 15.5. The monoisotopic (exact) mass is 374 g/mol. The van der Waals surface area contributed by atoms with Crippen molar-refractivity contribution in [3.8, 4) is 28.7 Å². The summed E-state index contributed by atoms with van der Waals surface area (Å²) in [5.41, 5.74) is 1.75. The van der Waals surface area contributed by atoms with Crippen LogP contribution in [0.25, 0.3) is 0 Å². The average Bonchev–Trinajstić information content (AvgIpc) is 3.16. The molecule has 2 aromatic rings. The van der Waals surface area contributed by atoms with Crippen LogP contribution in [-0.2, 0) is 4.74 Å². The predicted molar refractivity (Wildman–Crippen MR) is 97.1 cm³/mol. The van der Waals surface area contributed by atoms with Crippen molar-refractivity contribution in [3.05, 3.63) is 41.5 Å². The van der Waals surface area contributed by atoms with E-state index in [1.54, 1.807) is 20.3 Å². The number of morpholine rings is 1. The molecule has 0 radical (unpaired) electrons. The molecule has 7 heteroatoms. The van der Waals surface area contributed by atoms with E-state index in [-0.39, 0.29) is 18.6 Å². The van der Waals surface area contributed by atoms with Gasteiger partial charge in [0.25, 0.3) is 0 Å². The van der Waals surface area contributed by atoms with Crippen LogP contribution < -0.4 is 23.8 Å². The summed E-state index contributed by atoms with van der Waals surface area (Å²) in [7, 11) is 3.27. The summed E-state index contributed by atoms with van der Waals surface area (Å²) in [5, 5.41) is 10.8. The summed E-state index contributed by atoms with van der Waals surface area (Å²) in [6.07, 6.45) is 0. The van der Waals surface area contributed by atoms with Crippen LogP contribution in [0, 0.1) is 0 Å². The lowest BCUT2D eigenvalue weighted by atomic mass is 9.94. The van der Waals surface area contributed by atoms with E-state index in [0.29, 0.717) is 24.7 Å². The molecule has 0 unspecified atom stereocenters. The Hall–Kier alpha value is -2.64. The minimum atomic E-state index is -0.135. The maximum absolute atomic E-state index is 10.8. The van der Waals surface area contributed by atoms with Crippen molar-refractivity contribution in [1.29, 1.82) is 0 Å². The SMILES string of the molecule is COc1ccc([C@@H](c2cc3c(cc2O)OCO3)[NH+]2CCOCC2)c(OC)c1.